The molecule has 2 atom stereocenters. The summed E-state index contributed by atoms with van der Waals surface area (Å²) in [4.78, 5) is 14.6. The first-order chi connectivity index (χ1) is 9.11. The lowest BCUT2D eigenvalue weighted by atomic mass is 9.96. The second-order valence-electron chi connectivity index (χ2n) is 5.41. The van der Waals surface area contributed by atoms with Crippen LogP contribution in [-0.4, -0.2) is 29.3 Å². The molecule has 1 aliphatic heterocycles. The Morgan fingerprint density at radius 2 is 1.84 bits per heavy atom. The predicted molar refractivity (Wildman–Crippen MR) is 75.0 cm³/mol. The van der Waals surface area contributed by atoms with Crippen molar-refractivity contribution < 1.29 is 4.79 Å². The van der Waals surface area contributed by atoms with Crippen molar-refractivity contribution in [2.24, 2.45) is 0 Å². The molecule has 0 spiro atoms. The lowest BCUT2D eigenvalue weighted by Crippen LogP contribution is -2.46. The van der Waals surface area contributed by atoms with Crippen LogP contribution >= 0.6 is 0 Å². The highest BCUT2D eigenvalue weighted by atomic mass is 16.1. The smallest absolute Gasteiger partial charge is 0.176 e. The molecule has 0 bridgehead atoms. The molecular formula is C16H20N2O. The van der Waals surface area contributed by atoms with Gasteiger partial charge in [0.05, 0.1) is 18.2 Å². The van der Waals surface area contributed by atoms with Crippen molar-refractivity contribution in [2.45, 2.75) is 45.2 Å². The Balaban J connectivity index is 2.05. The molecule has 1 heterocycles. The van der Waals surface area contributed by atoms with Crippen LogP contribution in [-0.2, 0) is 0 Å². The first-order valence-corrected chi connectivity index (χ1v) is 6.91. The molecule has 1 fully saturated rings. The number of carbonyl (C=O) groups excluding carboxylic acids is 1. The zero-order chi connectivity index (χ0) is 13.8. The van der Waals surface area contributed by atoms with E-state index in [1.165, 1.54) is 19.3 Å². The third-order valence-electron chi connectivity index (χ3n) is 4.04. The Labute approximate surface area is 114 Å². The Bertz CT molecular complexity index is 476. The van der Waals surface area contributed by atoms with E-state index >= 15 is 0 Å². The first-order valence-electron chi connectivity index (χ1n) is 6.91. The molecule has 3 heteroatoms. The van der Waals surface area contributed by atoms with Gasteiger partial charge in [0.2, 0.25) is 0 Å². The molecule has 0 radical (unpaired) electrons. The zero-order valence-electron chi connectivity index (χ0n) is 11.6. The summed E-state index contributed by atoms with van der Waals surface area (Å²) in [5, 5.41) is 8.75. The van der Waals surface area contributed by atoms with Crippen molar-refractivity contribution in [3.8, 4) is 6.07 Å². The quantitative estimate of drug-likeness (QED) is 0.781. The van der Waals surface area contributed by atoms with Crippen LogP contribution in [0.25, 0.3) is 0 Å². The van der Waals surface area contributed by atoms with Crippen LogP contribution in [0.2, 0.25) is 0 Å². The molecule has 1 aliphatic rings. The second-order valence-corrected chi connectivity index (χ2v) is 5.41. The maximum Gasteiger partial charge on any atom is 0.176 e. The summed E-state index contributed by atoms with van der Waals surface area (Å²) in [6.45, 7) is 4.87. The number of ketones is 1. The third kappa shape index (κ3) is 3.21. The number of hydrogen-bond donors (Lipinski definition) is 0. The number of nitriles is 1. The van der Waals surface area contributed by atoms with Gasteiger partial charge in [-0.1, -0.05) is 18.6 Å². The minimum Gasteiger partial charge on any atom is -0.293 e. The lowest BCUT2D eigenvalue weighted by molar-refractivity contribution is 0.0734. The van der Waals surface area contributed by atoms with E-state index in [2.05, 4.69) is 24.8 Å². The molecule has 3 nitrogen and oxygen atoms in total. The van der Waals surface area contributed by atoms with Crippen LogP contribution in [0.4, 0.5) is 0 Å². The van der Waals surface area contributed by atoms with Gasteiger partial charge < -0.3 is 0 Å². The van der Waals surface area contributed by atoms with Gasteiger partial charge in [-0.2, -0.15) is 5.26 Å². The zero-order valence-corrected chi connectivity index (χ0v) is 11.6. The van der Waals surface area contributed by atoms with Crippen LogP contribution in [0.1, 0.15) is 49.0 Å². The van der Waals surface area contributed by atoms with E-state index < -0.39 is 0 Å². The number of benzene rings is 1. The highest BCUT2D eigenvalue weighted by Crippen LogP contribution is 2.22. The maximum atomic E-state index is 12.3. The van der Waals surface area contributed by atoms with E-state index in [4.69, 9.17) is 5.26 Å². The van der Waals surface area contributed by atoms with Gasteiger partial charge in [-0.3, -0.25) is 9.69 Å². The van der Waals surface area contributed by atoms with Gasteiger partial charge in [-0.15, -0.1) is 0 Å². The van der Waals surface area contributed by atoms with Crippen LogP contribution in [0.3, 0.4) is 0 Å². The Morgan fingerprint density at radius 1 is 1.26 bits per heavy atom. The van der Waals surface area contributed by atoms with E-state index in [1.807, 2.05) is 0 Å². The van der Waals surface area contributed by atoms with Gasteiger partial charge in [0.25, 0.3) is 0 Å². The van der Waals surface area contributed by atoms with Gasteiger partial charge in [-0.05, 0) is 38.8 Å². The first kappa shape index (κ1) is 13.8. The van der Waals surface area contributed by atoms with Crippen molar-refractivity contribution in [3.05, 3.63) is 35.4 Å². The van der Waals surface area contributed by atoms with Crippen LogP contribution < -0.4 is 0 Å². The normalized spacial score (nSPS) is 23.8. The highest BCUT2D eigenvalue weighted by molar-refractivity contribution is 5.97. The molecule has 2 unspecified atom stereocenters. The molecule has 2 rings (SSSR count). The fourth-order valence-electron chi connectivity index (χ4n) is 2.77. The van der Waals surface area contributed by atoms with Gasteiger partial charge in [-0.25, -0.2) is 0 Å². The number of piperidine rings is 1. The monoisotopic (exact) mass is 256 g/mol. The molecule has 0 saturated carbocycles. The summed E-state index contributed by atoms with van der Waals surface area (Å²) in [5.41, 5.74) is 1.29. The highest BCUT2D eigenvalue weighted by Gasteiger charge is 2.26. The van der Waals surface area contributed by atoms with Crippen molar-refractivity contribution in [1.82, 2.24) is 4.90 Å². The van der Waals surface area contributed by atoms with Gasteiger partial charge in [0.15, 0.2) is 5.78 Å². The number of nitrogens with zero attached hydrogens (tertiary/aromatic N) is 2. The SMILES string of the molecule is CC1CCCC(C)N1CC(=O)c1ccc(C#N)cc1. The van der Waals surface area contributed by atoms with E-state index in [-0.39, 0.29) is 5.78 Å². The Morgan fingerprint density at radius 3 is 2.37 bits per heavy atom. The molecule has 0 aliphatic carbocycles. The van der Waals surface area contributed by atoms with Crippen molar-refractivity contribution >= 4 is 5.78 Å². The van der Waals surface area contributed by atoms with Crippen molar-refractivity contribution in [1.29, 1.82) is 5.26 Å². The largest absolute Gasteiger partial charge is 0.293 e. The summed E-state index contributed by atoms with van der Waals surface area (Å²) in [5.74, 6) is 0.144. The predicted octanol–water partition coefficient (Wildman–Crippen LogP) is 3.00. The average molecular weight is 256 g/mol. The minimum atomic E-state index is 0.144. The molecule has 0 N–H and O–H groups in total. The Hall–Kier alpha value is -1.66. The topological polar surface area (TPSA) is 44.1 Å². The summed E-state index contributed by atoms with van der Waals surface area (Å²) >= 11 is 0. The third-order valence-corrected chi connectivity index (χ3v) is 4.04. The van der Waals surface area contributed by atoms with Crippen LogP contribution in [0, 0.1) is 11.3 Å². The summed E-state index contributed by atoms with van der Waals surface area (Å²) in [6, 6.07) is 9.93. The summed E-state index contributed by atoms with van der Waals surface area (Å²) in [6.07, 6.45) is 3.60. The van der Waals surface area contributed by atoms with Crippen molar-refractivity contribution in [3.63, 3.8) is 0 Å². The fraction of sp³-hybridized carbons (Fsp3) is 0.500. The standard InChI is InChI=1S/C16H20N2O/c1-12-4-3-5-13(2)18(12)11-16(19)15-8-6-14(10-17)7-9-15/h6-9,12-13H,3-5,11H2,1-2H3. The summed E-state index contributed by atoms with van der Waals surface area (Å²) in [7, 11) is 0. The molecule has 1 aromatic carbocycles. The molecule has 1 aromatic rings. The number of rotatable bonds is 3. The molecule has 19 heavy (non-hydrogen) atoms. The number of hydrogen-bond acceptors (Lipinski definition) is 3. The number of likely N-dealkylation sites (tertiary alicyclic amines) is 1. The van der Waals surface area contributed by atoms with Gasteiger partial charge >= 0.3 is 0 Å². The van der Waals surface area contributed by atoms with E-state index in [9.17, 15) is 4.79 Å². The maximum absolute atomic E-state index is 12.3. The lowest BCUT2D eigenvalue weighted by Gasteiger charge is -2.38. The van der Waals surface area contributed by atoms with Gasteiger partial charge in [0, 0.05) is 17.6 Å². The van der Waals surface area contributed by atoms with Crippen LogP contribution in [0.15, 0.2) is 24.3 Å². The minimum absolute atomic E-state index is 0.144. The van der Waals surface area contributed by atoms with Crippen LogP contribution in [0.5, 0.6) is 0 Å². The molecule has 1 saturated heterocycles. The number of Topliss-reactive ketones (excluding diaryl/α,β-unsaturated/α-hetero) is 1. The Kier molecular flexibility index (Phi) is 4.34. The average Bonchev–Trinajstić information content (AvgIpc) is 2.43. The molecule has 0 amide bonds. The molecule has 100 valence electrons. The molecule has 0 aromatic heterocycles. The van der Waals surface area contributed by atoms with Crippen molar-refractivity contribution in [2.75, 3.05) is 6.54 Å². The van der Waals surface area contributed by atoms with E-state index in [1.54, 1.807) is 24.3 Å². The second kappa shape index (κ2) is 5.99. The fourth-order valence-corrected chi connectivity index (χ4v) is 2.77. The number of carbonyl (C=O) groups is 1. The van der Waals surface area contributed by atoms with E-state index in [0.717, 1.165) is 0 Å². The van der Waals surface area contributed by atoms with Gasteiger partial charge in [0.1, 0.15) is 0 Å². The van der Waals surface area contributed by atoms with E-state index in [0.29, 0.717) is 29.8 Å². The summed E-state index contributed by atoms with van der Waals surface area (Å²) < 4.78 is 0. The molecular weight excluding hydrogens is 236 g/mol.